The van der Waals surface area contributed by atoms with Crippen molar-refractivity contribution in [3.63, 3.8) is 0 Å². The smallest absolute Gasteiger partial charge is 0.0558 e. The number of hydrogen-bond acceptors (Lipinski definition) is 3. The fourth-order valence-electron chi connectivity index (χ4n) is 2.75. The van der Waals surface area contributed by atoms with Crippen molar-refractivity contribution in [2.45, 2.75) is 33.1 Å². The molecule has 1 aliphatic rings. The molecule has 0 atom stereocenters. The second-order valence-corrected chi connectivity index (χ2v) is 6.86. The summed E-state index contributed by atoms with van der Waals surface area (Å²) in [5.74, 6) is 0. The van der Waals surface area contributed by atoms with E-state index < -0.39 is 0 Å². The maximum atomic E-state index is 9.01. The van der Waals surface area contributed by atoms with Gasteiger partial charge in [0.1, 0.15) is 0 Å². The summed E-state index contributed by atoms with van der Waals surface area (Å²) in [5.41, 5.74) is 4.29. The molecule has 1 aliphatic heterocycles. The summed E-state index contributed by atoms with van der Waals surface area (Å²) < 4.78 is 0. The highest BCUT2D eigenvalue weighted by Gasteiger charge is 2.19. The van der Waals surface area contributed by atoms with Crippen LogP contribution in [0.4, 0.5) is 5.69 Å². The van der Waals surface area contributed by atoms with Crippen LogP contribution in [0.1, 0.15) is 31.9 Å². The molecular formula is C17H28N2O. The van der Waals surface area contributed by atoms with E-state index in [-0.39, 0.29) is 12.0 Å². The normalized spacial score (nSPS) is 17.6. The highest BCUT2D eigenvalue weighted by molar-refractivity contribution is 5.52. The number of nitrogens with zero attached hydrogens (tertiary/aromatic N) is 2. The second kappa shape index (κ2) is 6.15. The first-order chi connectivity index (χ1) is 9.40. The summed E-state index contributed by atoms with van der Waals surface area (Å²) in [6.07, 6.45) is 0. The number of hydrogen-bond donors (Lipinski definition) is 1. The van der Waals surface area contributed by atoms with Crippen molar-refractivity contribution in [2.75, 3.05) is 44.2 Å². The Hall–Kier alpha value is -1.06. The molecule has 1 heterocycles. The molecule has 0 radical (unpaired) electrons. The maximum Gasteiger partial charge on any atom is 0.0558 e. The topological polar surface area (TPSA) is 26.7 Å². The Morgan fingerprint density at radius 2 is 1.70 bits per heavy atom. The summed E-state index contributed by atoms with van der Waals surface area (Å²) in [6.45, 7) is 14.2. The Morgan fingerprint density at radius 3 is 2.25 bits per heavy atom. The number of piperazine rings is 1. The number of β-amino-alcohol motifs (C(OH)–C–C–N with tert-alkyl or cyclic N) is 1. The molecule has 3 nitrogen and oxygen atoms in total. The third-order valence-corrected chi connectivity index (χ3v) is 4.08. The Labute approximate surface area is 123 Å². The molecule has 1 aromatic rings. The Bertz CT molecular complexity index is 443. The summed E-state index contributed by atoms with van der Waals surface area (Å²) in [5, 5.41) is 9.01. The van der Waals surface area contributed by atoms with Crippen LogP contribution in [0.3, 0.4) is 0 Å². The molecule has 0 aromatic heterocycles. The number of aliphatic hydroxyl groups excluding tert-OH is 1. The first kappa shape index (κ1) is 15.3. The summed E-state index contributed by atoms with van der Waals surface area (Å²) >= 11 is 0. The Morgan fingerprint density at radius 1 is 1.05 bits per heavy atom. The Kier molecular flexibility index (Phi) is 4.71. The third-order valence-electron chi connectivity index (χ3n) is 4.08. The number of anilines is 1. The zero-order valence-electron chi connectivity index (χ0n) is 13.3. The SMILES string of the molecule is Cc1cc(N2CCN(CCO)CC2)cc(C(C)(C)C)c1. The fourth-order valence-corrected chi connectivity index (χ4v) is 2.75. The van der Waals surface area contributed by atoms with Crippen molar-refractivity contribution in [1.82, 2.24) is 4.90 Å². The number of benzene rings is 1. The van der Waals surface area contributed by atoms with E-state index in [4.69, 9.17) is 5.11 Å². The molecule has 0 saturated carbocycles. The first-order valence-corrected chi connectivity index (χ1v) is 7.60. The molecule has 3 heteroatoms. The zero-order valence-corrected chi connectivity index (χ0v) is 13.3. The molecule has 0 unspecified atom stereocenters. The van der Waals surface area contributed by atoms with Crippen LogP contribution in [0.2, 0.25) is 0 Å². The lowest BCUT2D eigenvalue weighted by atomic mass is 9.86. The molecule has 0 bridgehead atoms. The molecule has 2 rings (SSSR count). The predicted molar refractivity (Wildman–Crippen MR) is 85.6 cm³/mol. The minimum Gasteiger partial charge on any atom is -0.395 e. The summed E-state index contributed by atoms with van der Waals surface area (Å²) in [7, 11) is 0. The van der Waals surface area contributed by atoms with Gasteiger partial charge in [0, 0.05) is 38.4 Å². The molecule has 1 fully saturated rings. The van der Waals surface area contributed by atoms with Gasteiger partial charge in [-0.1, -0.05) is 26.8 Å². The molecule has 1 aromatic carbocycles. The van der Waals surface area contributed by atoms with E-state index >= 15 is 0 Å². The van der Waals surface area contributed by atoms with Crippen molar-refractivity contribution in [2.24, 2.45) is 0 Å². The number of aryl methyl sites for hydroxylation is 1. The third kappa shape index (κ3) is 3.74. The first-order valence-electron chi connectivity index (χ1n) is 7.60. The molecule has 0 spiro atoms. The van der Waals surface area contributed by atoms with Gasteiger partial charge in [0.15, 0.2) is 0 Å². The van der Waals surface area contributed by atoms with Gasteiger partial charge >= 0.3 is 0 Å². The highest BCUT2D eigenvalue weighted by atomic mass is 16.3. The molecule has 1 N–H and O–H groups in total. The average molecular weight is 276 g/mol. The van der Waals surface area contributed by atoms with Gasteiger partial charge in [-0.2, -0.15) is 0 Å². The van der Waals surface area contributed by atoms with E-state index in [2.05, 4.69) is 55.7 Å². The van der Waals surface area contributed by atoms with Crippen LogP contribution >= 0.6 is 0 Å². The predicted octanol–water partition coefficient (Wildman–Crippen LogP) is 2.41. The Balaban J connectivity index is 2.12. The largest absolute Gasteiger partial charge is 0.395 e. The number of rotatable bonds is 3. The van der Waals surface area contributed by atoms with E-state index in [0.717, 1.165) is 32.7 Å². The van der Waals surface area contributed by atoms with E-state index in [1.807, 2.05) is 0 Å². The van der Waals surface area contributed by atoms with Crippen molar-refractivity contribution < 1.29 is 5.11 Å². The zero-order chi connectivity index (χ0) is 14.8. The molecule has 112 valence electrons. The van der Waals surface area contributed by atoms with Gasteiger partial charge in [0.05, 0.1) is 6.61 Å². The summed E-state index contributed by atoms with van der Waals surface area (Å²) in [4.78, 5) is 4.80. The highest BCUT2D eigenvalue weighted by Crippen LogP contribution is 2.28. The lowest BCUT2D eigenvalue weighted by Crippen LogP contribution is -2.47. The number of aliphatic hydroxyl groups is 1. The molecule has 0 amide bonds. The van der Waals surface area contributed by atoms with E-state index in [1.54, 1.807) is 0 Å². The molecule has 1 saturated heterocycles. The minimum atomic E-state index is 0.194. The molecule has 20 heavy (non-hydrogen) atoms. The van der Waals surface area contributed by atoms with Crippen LogP contribution in [0.5, 0.6) is 0 Å². The van der Waals surface area contributed by atoms with Gasteiger partial charge in [0.2, 0.25) is 0 Å². The second-order valence-electron chi connectivity index (χ2n) is 6.86. The van der Waals surface area contributed by atoms with Crippen LogP contribution in [0.15, 0.2) is 18.2 Å². The van der Waals surface area contributed by atoms with Crippen molar-refractivity contribution >= 4 is 5.69 Å². The van der Waals surface area contributed by atoms with E-state index in [1.165, 1.54) is 16.8 Å². The monoisotopic (exact) mass is 276 g/mol. The van der Waals surface area contributed by atoms with E-state index in [0.29, 0.717) is 0 Å². The van der Waals surface area contributed by atoms with Gasteiger partial charge in [-0.25, -0.2) is 0 Å². The minimum absolute atomic E-state index is 0.194. The van der Waals surface area contributed by atoms with E-state index in [9.17, 15) is 0 Å². The summed E-state index contributed by atoms with van der Waals surface area (Å²) in [6, 6.07) is 6.93. The molecular weight excluding hydrogens is 248 g/mol. The van der Waals surface area contributed by atoms with Crippen molar-refractivity contribution in [3.05, 3.63) is 29.3 Å². The van der Waals surface area contributed by atoms with Crippen LogP contribution < -0.4 is 4.90 Å². The quantitative estimate of drug-likeness (QED) is 0.918. The van der Waals surface area contributed by atoms with Gasteiger partial charge in [0.25, 0.3) is 0 Å². The fraction of sp³-hybridized carbons (Fsp3) is 0.647. The van der Waals surface area contributed by atoms with Crippen LogP contribution in [0.25, 0.3) is 0 Å². The van der Waals surface area contributed by atoms with Crippen LogP contribution in [0, 0.1) is 6.92 Å². The standard InChI is InChI=1S/C17H28N2O/c1-14-11-15(17(2,3)4)13-16(12-14)19-7-5-18(6-8-19)9-10-20/h11-13,20H,5-10H2,1-4H3. The lowest BCUT2D eigenvalue weighted by molar-refractivity contribution is 0.189. The maximum absolute atomic E-state index is 9.01. The van der Waals surface area contributed by atoms with Crippen molar-refractivity contribution in [1.29, 1.82) is 0 Å². The lowest BCUT2D eigenvalue weighted by Gasteiger charge is -2.36. The molecule has 0 aliphatic carbocycles. The van der Waals surface area contributed by atoms with Gasteiger partial charge in [-0.05, 0) is 35.6 Å². The van der Waals surface area contributed by atoms with Crippen LogP contribution in [-0.4, -0.2) is 49.3 Å². The van der Waals surface area contributed by atoms with Gasteiger partial charge < -0.3 is 10.0 Å². The average Bonchev–Trinajstić information content (AvgIpc) is 2.38. The van der Waals surface area contributed by atoms with Gasteiger partial charge in [-0.15, -0.1) is 0 Å². The van der Waals surface area contributed by atoms with Crippen molar-refractivity contribution in [3.8, 4) is 0 Å². The van der Waals surface area contributed by atoms with Crippen LogP contribution in [-0.2, 0) is 5.41 Å². The van der Waals surface area contributed by atoms with Gasteiger partial charge in [-0.3, -0.25) is 4.90 Å².